The number of phenolic OH excluding ortho intramolecular Hbond substituents is 1. The maximum absolute atomic E-state index is 12.6. The summed E-state index contributed by atoms with van der Waals surface area (Å²) in [7, 11) is -1.93. The molecule has 0 amide bonds. The molecule has 1 aliphatic rings. The van der Waals surface area contributed by atoms with E-state index in [9.17, 15) is 13.5 Å². The zero-order chi connectivity index (χ0) is 19.3. The van der Waals surface area contributed by atoms with Crippen molar-refractivity contribution in [3.63, 3.8) is 0 Å². The molecule has 0 atom stereocenters. The van der Waals surface area contributed by atoms with E-state index in [1.165, 1.54) is 4.31 Å². The van der Waals surface area contributed by atoms with Crippen molar-refractivity contribution < 1.29 is 23.0 Å². The molecule has 0 bridgehead atoms. The molecule has 0 unspecified atom stereocenters. The number of aliphatic imine (C=N–C) groups is 1. The number of ether oxygens (including phenoxy) is 2. The molecule has 0 radical (unpaired) electrons. The summed E-state index contributed by atoms with van der Waals surface area (Å²) in [5.41, 5.74) is 1.43. The highest BCUT2D eigenvalue weighted by Gasteiger charge is 2.25. The number of nitrogens with zero attached hydrogens (tertiary/aromatic N) is 2. The van der Waals surface area contributed by atoms with E-state index in [1.54, 1.807) is 55.8 Å². The number of benzene rings is 2. The summed E-state index contributed by atoms with van der Waals surface area (Å²) in [5, 5.41) is 9.85. The van der Waals surface area contributed by atoms with Crippen molar-refractivity contribution in [3.05, 3.63) is 53.6 Å². The first-order chi connectivity index (χ1) is 13.0. The summed E-state index contributed by atoms with van der Waals surface area (Å²) in [6, 6.07) is 11.6. The summed E-state index contributed by atoms with van der Waals surface area (Å²) in [5.74, 6) is 0.749. The van der Waals surface area contributed by atoms with E-state index in [1.807, 2.05) is 0 Å². The molecule has 0 aromatic heterocycles. The topological polar surface area (TPSA) is 88.4 Å². The van der Waals surface area contributed by atoms with Crippen LogP contribution in [0.15, 0.2) is 52.4 Å². The van der Waals surface area contributed by atoms with Gasteiger partial charge in [-0.3, -0.25) is 4.99 Å². The highest BCUT2D eigenvalue weighted by atomic mass is 32.2. The Hall–Kier alpha value is -2.42. The minimum Gasteiger partial charge on any atom is -0.507 e. The Kier molecular flexibility index (Phi) is 6.10. The predicted molar refractivity (Wildman–Crippen MR) is 102 cm³/mol. The van der Waals surface area contributed by atoms with E-state index in [0.717, 1.165) is 5.56 Å². The maximum Gasteiger partial charge on any atom is 0.243 e. The number of sulfonamides is 1. The summed E-state index contributed by atoms with van der Waals surface area (Å²) in [4.78, 5) is 4.58. The lowest BCUT2D eigenvalue weighted by Gasteiger charge is -2.26. The Morgan fingerprint density at radius 1 is 1.19 bits per heavy atom. The third kappa shape index (κ3) is 4.65. The highest BCUT2D eigenvalue weighted by Crippen LogP contribution is 2.21. The van der Waals surface area contributed by atoms with Crippen molar-refractivity contribution in [2.45, 2.75) is 11.4 Å². The fourth-order valence-corrected chi connectivity index (χ4v) is 4.12. The molecule has 8 heteroatoms. The van der Waals surface area contributed by atoms with Crippen LogP contribution in [0.1, 0.15) is 11.1 Å². The van der Waals surface area contributed by atoms with Crippen LogP contribution in [-0.4, -0.2) is 57.5 Å². The molecule has 1 fully saturated rings. The van der Waals surface area contributed by atoms with Crippen molar-refractivity contribution in [2.24, 2.45) is 4.99 Å². The largest absolute Gasteiger partial charge is 0.507 e. The monoisotopic (exact) mass is 390 g/mol. The lowest BCUT2D eigenvalue weighted by molar-refractivity contribution is 0.0730. The van der Waals surface area contributed by atoms with Gasteiger partial charge in [0.15, 0.2) is 0 Å². The van der Waals surface area contributed by atoms with E-state index in [0.29, 0.717) is 44.2 Å². The van der Waals surface area contributed by atoms with Gasteiger partial charge in [0.25, 0.3) is 0 Å². The molecule has 7 nitrogen and oxygen atoms in total. The minimum atomic E-state index is -3.49. The number of hydrogen-bond donors (Lipinski definition) is 1. The highest BCUT2D eigenvalue weighted by molar-refractivity contribution is 7.89. The van der Waals surface area contributed by atoms with Gasteiger partial charge in [0.1, 0.15) is 11.5 Å². The van der Waals surface area contributed by atoms with Gasteiger partial charge >= 0.3 is 0 Å². The lowest BCUT2D eigenvalue weighted by Crippen LogP contribution is -2.40. The van der Waals surface area contributed by atoms with Crippen LogP contribution < -0.4 is 4.74 Å². The van der Waals surface area contributed by atoms with Crippen LogP contribution in [-0.2, 0) is 21.3 Å². The number of morpholine rings is 1. The first kappa shape index (κ1) is 19.3. The Bertz CT molecular complexity index is 904. The number of phenols is 1. The van der Waals surface area contributed by atoms with Gasteiger partial charge in [-0.15, -0.1) is 0 Å². The Morgan fingerprint density at radius 3 is 2.56 bits per heavy atom. The quantitative estimate of drug-likeness (QED) is 0.763. The van der Waals surface area contributed by atoms with E-state index >= 15 is 0 Å². The van der Waals surface area contributed by atoms with Crippen molar-refractivity contribution in [1.29, 1.82) is 0 Å². The Morgan fingerprint density at radius 2 is 1.89 bits per heavy atom. The standard InChI is InChI=1S/C19H22N2O5S/c1-25-17-4-7-19(22)16(12-17)14-20-13-15-2-5-18(6-3-15)27(23,24)21-8-10-26-11-9-21/h2-7,12,14,22H,8-11,13H2,1H3. The molecule has 1 heterocycles. The molecular formula is C19H22N2O5S. The first-order valence-corrected chi connectivity index (χ1v) is 9.98. The normalized spacial score (nSPS) is 15.9. The molecule has 1 aliphatic heterocycles. The van der Waals surface area contributed by atoms with Crippen molar-refractivity contribution >= 4 is 16.2 Å². The molecule has 1 saturated heterocycles. The van der Waals surface area contributed by atoms with Crippen LogP contribution in [0.4, 0.5) is 0 Å². The van der Waals surface area contributed by atoms with Gasteiger partial charge < -0.3 is 14.6 Å². The third-order valence-corrected chi connectivity index (χ3v) is 6.18. The molecule has 3 rings (SSSR count). The van der Waals surface area contributed by atoms with Crippen LogP contribution in [0.5, 0.6) is 11.5 Å². The average molecular weight is 390 g/mol. The van der Waals surface area contributed by atoms with Gasteiger partial charge in [0, 0.05) is 24.9 Å². The van der Waals surface area contributed by atoms with Gasteiger partial charge in [0.05, 0.1) is 31.8 Å². The minimum absolute atomic E-state index is 0.117. The van der Waals surface area contributed by atoms with Gasteiger partial charge in [-0.05, 0) is 35.9 Å². The molecule has 0 aliphatic carbocycles. The SMILES string of the molecule is COc1ccc(O)c(C=NCc2ccc(S(=O)(=O)N3CCOCC3)cc2)c1. The van der Waals surface area contributed by atoms with Crippen LogP contribution in [0.25, 0.3) is 0 Å². The number of aromatic hydroxyl groups is 1. The van der Waals surface area contributed by atoms with Gasteiger partial charge in [-0.2, -0.15) is 4.31 Å². The van der Waals surface area contributed by atoms with E-state index < -0.39 is 10.0 Å². The number of rotatable bonds is 6. The second kappa shape index (κ2) is 8.51. The molecule has 2 aromatic carbocycles. The summed E-state index contributed by atoms with van der Waals surface area (Å²) < 4.78 is 37.0. The van der Waals surface area contributed by atoms with Crippen LogP contribution in [0.2, 0.25) is 0 Å². The fourth-order valence-electron chi connectivity index (χ4n) is 2.72. The predicted octanol–water partition coefficient (Wildman–Crippen LogP) is 2.04. The zero-order valence-corrected chi connectivity index (χ0v) is 15.9. The zero-order valence-electron chi connectivity index (χ0n) is 15.0. The maximum atomic E-state index is 12.6. The smallest absolute Gasteiger partial charge is 0.243 e. The van der Waals surface area contributed by atoms with E-state index in [4.69, 9.17) is 9.47 Å². The third-order valence-electron chi connectivity index (χ3n) is 4.27. The second-order valence-corrected chi connectivity index (χ2v) is 7.99. The van der Waals surface area contributed by atoms with Gasteiger partial charge in [-0.1, -0.05) is 12.1 Å². The molecular weight excluding hydrogens is 368 g/mol. The molecule has 0 saturated carbocycles. The lowest BCUT2D eigenvalue weighted by atomic mass is 10.2. The van der Waals surface area contributed by atoms with Crippen LogP contribution in [0.3, 0.4) is 0 Å². The van der Waals surface area contributed by atoms with E-state index in [-0.39, 0.29) is 10.6 Å². The summed E-state index contributed by atoms with van der Waals surface area (Å²) >= 11 is 0. The van der Waals surface area contributed by atoms with Crippen LogP contribution in [0, 0.1) is 0 Å². The number of methoxy groups -OCH3 is 1. The summed E-state index contributed by atoms with van der Waals surface area (Å²) in [6.07, 6.45) is 1.57. The number of hydrogen-bond acceptors (Lipinski definition) is 6. The van der Waals surface area contributed by atoms with Crippen molar-refractivity contribution in [3.8, 4) is 11.5 Å². The Balaban J connectivity index is 1.67. The molecule has 0 spiro atoms. The fraction of sp³-hybridized carbons (Fsp3) is 0.316. The molecule has 144 valence electrons. The van der Waals surface area contributed by atoms with Gasteiger partial charge in [0.2, 0.25) is 10.0 Å². The average Bonchev–Trinajstić information content (AvgIpc) is 2.70. The Labute approximate surface area is 158 Å². The molecule has 2 aromatic rings. The second-order valence-electron chi connectivity index (χ2n) is 6.05. The first-order valence-electron chi connectivity index (χ1n) is 8.54. The van der Waals surface area contributed by atoms with E-state index in [2.05, 4.69) is 4.99 Å². The molecule has 27 heavy (non-hydrogen) atoms. The van der Waals surface area contributed by atoms with Gasteiger partial charge in [-0.25, -0.2) is 8.42 Å². The van der Waals surface area contributed by atoms with Crippen LogP contribution >= 0.6 is 0 Å². The van der Waals surface area contributed by atoms with Crippen molar-refractivity contribution in [2.75, 3.05) is 33.4 Å². The molecule has 1 N–H and O–H groups in total. The van der Waals surface area contributed by atoms with Crippen molar-refractivity contribution in [1.82, 2.24) is 4.31 Å². The summed E-state index contributed by atoms with van der Waals surface area (Å²) in [6.45, 7) is 1.96.